The van der Waals surface area contributed by atoms with Crippen LogP contribution in [0, 0.1) is 0 Å². The maximum Gasteiger partial charge on any atom is 0.0702 e. The van der Waals surface area contributed by atoms with Gasteiger partial charge >= 0.3 is 0 Å². The summed E-state index contributed by atoms with van der Waals surface area (Å²) in [4.78, 5) is 2.44. The number of ether oxygens (including phenoxy) is 1. The van der Waals surface area contributed by atoms with Crippen molar-refractivity contribution in [2.45, 2.75) is 44.8 Å². The molecule has 0 radical (unpaired) electrons. The second kappa shape index (κ2) is 7.20. The third-order valence-electron chi connectivity index (χ3n) is 3.30. The van der Waals surface area contributed by atoms with Crippen LogP contribution in [0.5, 0.6) is 0 Å². The van der Waals surface area contributed by atoms with E-state index in [1.807, 2.05) is 7.05 Å². The van der Waals surface area contributed by atoms with Gasteiger partial charge in [-0.05, 0) is 39.8 Å². The van der Waals surface area contributed by atoms with Crippen LogP contribution >= 0.6 is 0 Å². The zero-order valence-electron chi connectivity index (χ0n) is 10.5. The fourth-order valence-corrected chi connectivity index (χ4v) is 2.27. The fraction of sp³-hybridized carbons (Fsp3) is 1.00. The number of hydrogen-bond acceptors (Lipinski definition) is 3. The molecule has 1 saturated heterocycles. The minimum absolute atomic E-state index is 0.467. The largest absolute Gasteiger partial charge is 0.377 e. The lowest BCUT2D eigenvalue weighted by molar-refractivity contribution is -0.00823. The highest BCUT2D eigenvalue weighted by atomic mass is 16.5. The molecule has 1 aliphatic heterocycles. The maximum absolute atomic E-state index is 5.76. The Morgan fingerprint density at radius 2 is 2.27 bits per heavy atom. The minimum atomic E-state index is 0.467. The molecule has 1 heterocycles. The topological polar surface area (TPSA) is 24.5 Å². The highest BCUT2D eigenvalue weighted by Gasteiger charge is 2.19. The first-order chi connectivity index (χ1) is 7.27. The summed E-state index contributed by atoms with van der Waals surface area (Å²) in [6, 6.07) is 0.639. The van der Waals surface area contributed by atoms with E-state index < -0.39 is 0 Å². The first kappa shape index (κ1) is 12.9. The predicted molar refractivity (Wildman–Crippen MR) is 64.2 cm³/mol. The van der Waals surface area contributed by atoms with Crippen molar-refractivity contribution in [3.63, 3.8) is 0 Å². The lowest BCUT2D eigenvalue weighted by Crippen LogP contribution is -2.43. The van der Waals surface area contributed by atoms with Crippen LogP contribution in [-0.4, -0.2) is 50.8 Å². The van der Waals surface area contributed by atoms with E-state index in [9.17, 15) is 0 Å². The molecule has 2 atom stereocenters. The molecule has 1 N–H and O–H groups in total. The van der Waals surface area contributed by atoms with Crippen molar-refractivity contribution >= 4 is 0 Å². The van der Waals surface area contributed by atoms with Gasteiger partial charge in [-0.25, -0.2) is 0 Å². The van der Waals surface area contributed by atoms with Crippen molar-refractivity contribution in [3.8, 4) is 0 Å². The van der Waals surface area contributed by atoms with Gasteiger partial charge in [0, 0.05) is 25.7 Å². The molecular weight excluding hydrogens is 188 g/mol. The smallest absolute Gasteiger partial charge is 0.0702 e. The fourth-order valence-electron chi connectivity index (χ4n) is 2.27. The Balaban J connectivity index is 2.27. The molecule has 0 amide bonds. The molecule has 0 aromatic heterocycles. The number of likely N-dealkylation sites (N-methyl/N-ethyl adjacent to an activating group) is 2. The molecule has 0 spiro atoms. The first-order valence-electron chi connectivity index (χ1n) is 6.24. The van der Waals surface area contributed by atoms with Gasteiger partial charge in [0.1, 0.15) is 0 Å². The average molecular weight is 214 g/mol. The molecular formula is C12H26N2O. The molecule has 15 heavy (non-hydrogen) atoms. The Labute approximate surface area is 94.2 Å². The second-order valence-electron chi connectivity index (χ2n) is 4.55. The molecule has 1 rings (SSSR count). The predicted octanol–water partition coefficient (Wildman–Crippen LogP) is 1.49. The number of rotatable bonds is 6. The molecule has 0 saturated carbocycles. The number of nitrogens with zero attached hydrogens (tertiary/aromatic N) is 1. The van der Waals surface area contributed by atoms with Gasteiger partial charge in [0.25, 0.3) is 0 Å². The van der Waals surface area contributed by atoms with Crippen LogP contribution in [0.2, 0.25) is 0 Å². The molecule has 0 aromatic rings. The molecule has 0 aliphatic carbocycles. The third-order valence-corrected chi connectivity index (χ3v) is 3.30. The summed E-state index contributed by atoms with van der Waals surface area (Å²) >= 11 is 0. The molecule has 2 unspecified atom stereocenters. The van der Waals surface area contributed by atoms with Crippen molar-refractivity contribution in [1.82, 2.24) is 10.2 Å². The van der Waals surface area contributed by atoms with E-state index in [-0.39, 0.29) is 0 Å². The number of hydrogen-bond donors (Lipinski definition) is 1. The Kier molecular flexibility index (Phi) is 6.22. The van der Waals surface area contributed by atoms with E-state index in [1.54, 1.807) is 0 Å². The molecule has 1 aliphatic rings. The molecule has 3 nitrogen and oxygen atoms in total. The van der Waals surface area contributed by atoms with Crippen LogP contribution in [0.4, 0.5) is 0 Å². The van der Waals surface area contributed by atoms with Gasteiger partial charge in [0.15, 0.2) is 0 Å². The summed E-state index contributed by atoms with van der Waals surface area (Å²) in [6.07, 6.45) is 5.48. The lowest BCUT2D eigenvalue weighted by atomic mass is 10.1. The van der Waals surface area contributed by atoms with Gasteiger partial charge in [-0.3, -0.25) is 4.90 Å². The van der Waals surface area contributed by atoms with E-state index in [2.05, 4.69) is 24.2 Å². The first-order valence-corrected chi connectivity index (χ1v) is 6.24. The molecule has 0 bridgehead atoms. The van der Waals surface area contributed by atoms with Crippen LogP contribution in [0.15, 0.2) is 0 Å². The zero-order valence-corrected chi connectivity index (χ0v) is 10.5. The Bertz CT molecular complexity index is 158. The van der Waals surface area contributed by atoms with Crippen molar-refractivity contribution in [2.24, 2.45) is 0 Å². The Hall–Kier alpha value is -0.120. The van der Waals surface area contributed by atoms with E-state index >= 15 is 0 Å². The Morgan fingerprint density at radius 1 is 1.47 bits per heavy atom. The van der Waals surface area contributed by atoms with Gasteiger partial charge in [-0.2, -0.15) is 0 Å². The summed E-state index contributed by atoms with van der Waals surface area (Å²) in [7, 11) is 4.23. The van der Waals surface area contributed by atoms with E-state index in [0.717, 1.165) is 19.7 Å². The summed E-state index contributed by atoms with van der Waals surface area (Å²) in [6.45, 7) is 5.36. The normalized spacial score (nSPS) is 24.4. The Morgan fingerprint density at radius 3 is 2.80 bits per heavy atom. The standard InChI is InChI=1S/C12H26N2O/c1-4-11(9-13-2)14(3)10-12-7-5-6-8-15-12/h11-13H,4-10H2,1-3H3. The SMILES string of the molecule is CCC(CNC)N(C)CC1CCCCO1. The summed E-state index contributed by atoms with van der Waals surface area (Å²) in [5.74, 6) is 0. The van der Waals surface area contributed by atoms with E-state index in [0.29, 0.717) is 12.1 Å². The lowest BCUT2D eigenvalue weighted by Gasteiger charge is -2.32. The van der Waals surface area contributed by atoms with Gasteiger partial charge in [0.05, 0.1) is 6.10 Å². The van der Waals surface area contributed by atoms with Gasteiger partial charge < -0.3 is 10.1 Å². The van der Waals surface area contributed by atoms with Crippen LogP contribution in [0.1, 0.15) is 32.6 Å². The third kappa shape index (κ3) is 4.49. The summed E-state index contributed by atoms with van der Waals surface area (Å²) < 4.78 is 5.76. The number of nitrogens with one attached hydrogen (secondary N) is 1. The van der Waals surface area contributed by atoms with E-state index in [1.165, 1.54) is 25.7 Å². The average Bonchev–Trinajstić information content (AvgIpc) is 2.27. The maximum atomic E-state index is 5.76. The van der Waals surface area contributed by atoms with Crippen molar-refractivity contribution in [2.75, 3.05) is 33.8 Å². The minimum Gasteiger partial charge on any atom is -0.377 e. The summed E-state index contributed by atoms with van der Waals surface area (Å²) in [5, 5.41) is 3.25. The van der Waals surface area contributed by atoms with E-state index in [4.69, 9.17) is 4.74 Å². The highest BCUT2D eigenvalue weighted by Crippen LogP contribution is 2.14. The second-order valence-corrected chi connectivity index (χ2v) is 4.55. The summed E-state index contributed by atoms with van der Waals surface area (Å²) in [5.41, 5.74) is 0. The molecule has 3 heteroatoms. The van der Waals surface area contributed by atoms with Crippen LogP contribution in [0.3, 0.4) is 0 Å². The quantitative estimate of drug-likeness (QED) is 0.725. The monoisotopic (exact) mass is 214 g/mol. The molecule has 90 valence electrons. The van der Waals surface area contributed by atoms with Crippen molar-refractivity contribution in [1.29, 1.82) is 0 Å². The van der Waals surface area contributed by atoms with Crippen LogP contribution in [0.25, 0.3) is 0 Å². The highest BCUT2D eigenvalue weighted by molar-refractivity contribution is 4.74. The van der Waals surface area contributed by atoms with Crippen LogP contribution in [-0.2, 0) is 4.74 Å². The zero-order chi connectivity index (χ0) is 11.1. The van der Waals surface area contributed by atoms with Gasteiger partial charge in [0.2, 0.25) is 0 Å². The molecule has 1 fully saturated rings. The molecule has 0 aromatic carbocycles. The van der Waals surface area contributed by atoms with Crippen molar-refractivity contribution in [3.05, 3.63) is 0 Å². The van der Waals surface area contributed by atoms with Crippen LogP contribution < -0.4 is 5.32 Å². The van der Waals surface area contributed by atoms with Gasteiger partial charge in [-0.15, -0.1) is 0 Å². The van der Waals surface area contributed by atoms with Crippen molar-refractivity contribution < 1.29 is 4.74 Å². The van der Waals surface area contributed by atoms with Gasteiger partial charge in [-0.1, -0.05) is 6.92 Å².